The maximum Gasteiger partial charge on any atom is 0.230 e. The topological polar surface area (TPSA) is 132 Å². The number of anilines is 3. The number of aliphatic hydroxyl groups excluding tert-OH is 3. The molecule has 2 aliphatic heterocycles. The standard InChI is InChI=1S/C24H31N7O3/c1-15-7-18(8-16(11-32)20(15)13-34)30-10-22(26-14-30)28-24-27-21-4-5-25-9-19(21)23(29-24)31-6-2-3-17(31)12-33/h7-8,10,14,17,25,32-34H,2-6,9,11-13H2,1H3,(H,27,28,29)/t17-/m0/s1. The highest BCUT2D eigenvalue weighted by Gasteiger charge is 2.29. The summed E-state index contributed by atoms with van der Waals surface area (Å²) in [4.78, 5) is 16.3. The normalized spacial score (nSPS) is 17.8. The van der Waals surface area contributed by atoms with Gasteiger partial charge in [0.15, 0.2) is 5.82 Å². The first-order valence-corrected chi connectivity index (χ1v) is 11.7. The third kappa shape index (κ3) is 4.25. The molecule has 2 aliphatic rings. The predicted molar refractivity (Wildman–Crippen MR) is 128 cm³/mol. The number of rotatable bonds is 7. The molecule has 10 nitrogen and oxygen atoms in total. The molecule has 1 aromatic carbocycles. The van der Waals surface area contributed by atoms with E-state index in [1.54, 1.807) is 6.33 Å². The summed E-state index contributed by atoms with van der Waals surface area (Å²) >= 11 is 0. The molecule has 0 saturated carbocycles. The average molecular weight is 466 g/mol. The average Bonchev–Trinajstić information content (AvgIpc) is 3.52. The lowest BCUT2D eigenvalue weighted by molar-refractivity contribution is 0.259. The van der Waals surface area contributed by atoms with Gasteiger partial charge >= 0.3 is 0 Å². The van der Waals surface area contributed by atoms with Crippen LogP contribution in [0.3, 0.4) is 0 Å². The summed E-state index contributed by atoms with van der Waals surface area (Å²) in [5.41, 5.74) is 5.34. The minimum atomic E-state index is -0.143. The predicted octanol–water partition coefficient (Wildman–Crippen LogP) is 1.31. The first-order chi connectivity index (χ1) is 16.6. The van der Waals surface area contributed by atoms with Gasteiger partial charge in [-0.25, -0.2) is 9.97 Å². The zero-order chi connectivity index (χ0) is 23.7. The highest BCUT2D eigenvalue weighted by molar-refractivity contribution is 5.58. The number of hydrogen-bond acceptors (Lipinski definition) is 9. The van der Waals surface area contributed by atoms with Crippen molar-refractivity contribution in [3.8, 4) is 5.69 Å². The summed E-state index contributed by atoms with van der Waals surface area (Å²) < 4.78 is 1.86. The molecule has 5 N–H and O–H groups in total. The second-order valence-corrected chi connectivity index (χ2v) is 8.90. The molecule has 0 spiro atoms. The Morgan fingerprint density at radius 3 is 2.85 bits per heavy atom. The molecular formula is C24H31N7O3. The van der Waals surface area contributed by atoms with Crippen LogP contribution in [0.2, 0.25) is 0 Å². The summed E-state index contributed by atoms with van der Waals surface area (Å²) in [7, 11) is 0. The molecule has 1 atom stereocenters. The highest BCUT2D eigenvalue weighted by Crippen LogP contribution is 2.31. The molecular weight excluding hydrogens is 434 g/mol. The molecule has 0 radical (unpaired) electrons. The number of nitrogens with zero attached hydrogens (tertiary/aromatic N) is 5. The van der Waals surface area contributed by atoms with Crippen molar-refractivity contribution in [2.75, 3.05) is 29.9 Å². The monoisotopic (exact) mass is 465 g/mol. The van der Waals surface area contributed by atoms with Crippen molar-refractivity contribution in [3.63, 3.8) is 0 Å². The molecule has 0 aliphatic carbocycles. The summed E-state index contributed by atoms with van der Waals surface area (Å²) in [5, 5.41) is 35.8. The SMILES string of the molecule is Cc1cc(-n2cnc(Nc3nc4c(c(N5CCC[C@H]5CO)n3)CNCC4)c2)cc(CO)c1CO. The van der Waals surface area contributed by atoms with Crippen molar-refractivity contribution >= 4 is 17.6 Å². The van der Waals surface area contributed by atoms with Crippen molar-refractivity contribution in [2.45, 2.75) is 52.0 Å². The fourth-order valence-electron chi connectivity index (χ4n) is 4.95. The quantitative estimate of drug-likeness (QED) is 0.350. The van der Waals surface area contributed by atoms with Crippen molar-refractivity contribution in [2.24, 2.45) is 0 Å². The maximum atomic E-state index is 9.85. The largest absolute Gasteiger partial charge is 0.394 e. The molecule has 0 bridgehead atoms. The van der Waals surface area contributed by atoms with E-state index in [0.717, 1.165) is 72.8 Å². The van der Waals surface area contributed by atoms with E-state index in [0.29, 0.717) is 17.3 Å². The zero-order valence-corrected chi connectivity index (χ0v) is 19.3. The number of imidazole rings is 1. The fraction of sp³-hybridized carbons (Fsp3) is 0.458. The second kappa shape index (κ2) is 9.67. The van der Waals surface area contributed by atoms with E-state index >= 15 is 0 Å². The third-order valence-electron chi connectivity index (χ3n) is 6.77. The van der Waals surface area contributed by atoms with Gasteiger partial charge < -0.3 is 35.4 Å². The van der Waals surface area contributed by atoms with Crippen LogP contribution in [0.15, 0.2) is 24.7 Å². The van der Waals surface area contributed by atoms with Gasteiger partial charge in [-0.15, -0.1) is 0 Å². The number of benzene rings is 1. The molecule has 10 heteroatoms. The van der Waals surface area contributed by atoms with Crippen LogP contribution in [0.1, 0.15) is 40.8 Å². The van der Waals surface area contributed by atoms with Gasteiger partial charge in [0.2, 0.25) is 5.95 Å². The minimum absolute atomic E-state index is 0.0823. The van der Waals surface area contributed by atoms with Crippen LogP contribution in [0.5, 0.6) is 0 Å². The molecule has 5 rings (SSSR count). The number of fused-ring (bicyclic) bond motifs is 1. The lowest BCUT2D eigenvalue weighted by Gasteiger charge is -2.29. The van der Waals surface area contributed by atoms with Gasteiger partial charge in [0.1, 0.15) is 12.1 Å². The van der Waals surface area contributed by atoms with Gasteiger partial charge in [-0.1, -0.05) is 0 Å². The van der Waals surface area contributed by atoms with E-state index in [2.05, 4.69) is 20.5 Å². The van der Waals surface area contributed by atoms with Crippen molar-refractivity contribution in [3.05, 3.63) is 52.6 Å². The van der Waals surface area contributed by atoms with E-state index in [4.69, 9.17) is 9.97 Å². The van der Waals surface area contributed by atoms with Gasteiger partial charge in [0, 0.05) is 37.3 Å². The molecule has 4 heterocycles. The molecule has 180 valence electrons. The molecule has 2 aromatic heterocycles. The lowest BCUT2D eigenvalue weighted by Crippen LogP contribution is -2.36. The van der Waals surface area contributed by atoms with E-state index in [-0.39, 0.29) is 25.9 Å². The second-order valence-electron chi connectivity index (χ2n) is 8.90. The minimum Gasteiger partial charge on any atom is -0.394 e. The van der Waals surface area contributed by atoms with Crippen molar-refractivity contribution < 1.29 is 15.3 Å². The Kier molecular flexibility index (Phi) is 6.46. The van der Waals surface area contributed by atoms with Gasteiger partial charge in [0.05, 0.1) is 37.8 Å². The summed E-state index contributed by atoms with van der Waals surface area (Å²) in [5.74, 6) is 1.99. The number of aromatic nitrogens is 4. The molecule has 1 saturated heterocycles. The van der Waals surface area contributed by atoms with Crippen LogP contribution < -0.4 is 15.5 Å². The Morgan fingerprint density at radius 1 is 1.18 bits per heavy atom. The van der Waals surface area contributed by atoms with Gasteiger partial charge in [0.25, 0.3) is 0 Å². The van der Waals surface area contributed by atoms with E-state index in [1.807, 2.05) is 29.8 Å². The molecule has 3 aromatic rings. The van der Waals surface area contributed by atoms with Gasteiger partial charge in [-0.2, -0.15) is 4.98 Å². The Hall–Kier alpha value is -3.05. The third-order valence-corrected chi connectivity index (χ3v) is 6.77. The lowest BCUT2D eigenvalue weighted by atomic mass is 10.0. The zero-order valence-electron chi connectivity index (χ0n) is 19.3. The molecule has 34 heavy (non-hydrogen) atoms. The number of aliphatic hydroxyl groups is 3. The van der Waals surface area contributed by atoms with Crippen LogP contribution in [-0.4, -0.2) is 60.6 Å². The molecule has 1 fully saturated rings. The Labute approximate surface area is 198 Å². The Balaban J connectivity index is 1.45. The number of hydrogen-bond donors (Lipinski definition) is 5. The van der Waals surface area contributed by atoms with Crippen LogP contribution >= 0.6 is 0 Å². The maximum absolute atomic E-state index is 9.85. The van der Waals surface area contributed by atoms with Gasteiger partial charge in [-0.3, -0.25) is 0 Å². The molecule has 0 unspecified atom stereocenters. The van der Waals surface area contributed by atoms with Gasteiger partial charge in [-0.05, 0) is 48.6 Å². The van der Waals surface area contributed by atoms with Crippen molar-refractivity contribution in [1.82, 2.24) is 24.8 Å². The number of nitrogens with one attached hydrogen (secondary N) is 2. The highest BCUT2D eigenvalue weighted by atomic mass is 16.3. The first kappa shape index (κ1) is 22.7. The Morgan fingerprint density at radius 2 is 2.06 bits per heavy atom. The summed E-state index contributed by atoms with van der Waals surface area (Å²) in [6.07, 6.45) is 6.37. The smallest absolute Gasteiger partial charge is 0.230 e. The summed E-state index contributed by atoms with van der Waals surface area (Å²) in [6, 6.07) is 3.89. The van der Waals surface area contributed by atoms with Crippen LogP contribution in [-0.2, 0) is 26.2 Å². The van der Waals surface area contributed by atoms with Crippen LogP contribution in [0.4, 0.5) is 17.6 Å². The molecule has 0 amide bonds. The first-order valence-electron chi connectivity index (χ1n) is 11.7. The Bertz CT molecular complexity index is 1180. The number of aryl methyl sites for hydroxylation is 1. The van der Waals surface area contributed by atoms with E-state index in [9.17, 15) is 15.3 Å². The van der Waals surface area contributed by atoms with E-state index in [1.165, 1.54) is 0 Å². The summed E-state index contributed by atoms with van der Waals surface area (Å²) in [6.45, 7) is 4.25. The van der Waals surface area contributed by atoms with Crippen LogP contribution in [0.25, 0.3) is 5.69 Å². The van der Waals surface area contributed by atoms with E-state index < -0.39 is 0 Å². The van der Waals surface area contributed by atoms with Crippen LogP contribution in [0, 0.1) is 6.92 Å². The fourth-order valence-corrected chi connectivity index (χ4v) is 4.95. The van der Waals surface area contributed by atoms with Crippen molar-refractivity contribution in [1.29, 1.82) is 0 Å².